The molecule has 0 aliphatic carbocycles. The van der Waals surface area contributed by atoms with Crippen LogP contribution in [0.1, 0.15) is 53.9 Å². The number of hydrogen-bond donors (Lipinski definition) is 0. The minimum atomic E-state index is -0.891. The molecule has 1 atom stereocenters. The van der Waals surface area contributed by atoms with Gasteiger partial charge >= 0.3 is 5.97 Å². The summed E-state index contributed by atoms with van der Waals surface area (Å²) < 4.78 is 5.19. The molecule has 0 saturated heterocycles. The van der Waals surface area contributed by atoms with Gasteiger partial charge in [-0.1, -0.05) is 39.8 Å². The molecule has 0 amide bonds. The molecular formula is C13H23NO3. The highest BCUT2D eigenvalue weighted by Gasteiger charge is 2.48. The average molecular weight is 241 g/mol. The normalized spacial score (nSPS) is 24.2. The molecule has 0 spiro atoms. The van der Waals surface area contributed by atoms with Crippen molar-refractivity contribution in [1.29, 1.82) is 0 Å². The van der Waals surface area contributed by atoms with Gasteiger partial charge in [-0.25, -0.2) is 4.79 Å². The summed E-state index contributed by atoms with van der Waals surface area (Å²) in [6, 6.07) is 0. The fourth-order valence-corrected chi connectivity index (χ4v) is 1.65. The molecule has 1 aliphatic heterocycles. The van der Waals surface area contributed by atoms with Crippen molar-refractivity contribution in [2.75, 3.05) is 6.61 Å². The predicted octanol–water partition coefficient (Wildman–Crippen LogP) is 2.91. The first kappa shape index (κ1) is 14.0. The van der Waals surface area contributed by atoms with E-state index in [1.165, 1.54) is 0 Å². The van der Waals surface area contributed by atoms with Gasteiger partial charge in [0.2, 0.25) is 5.60 Å². The number of hydrogen-bond acceptors (Lipinski definition) is 4. The Labute approximate surface area is 103 Å². The molecule has 0 aromatic heterocycles. The summed E-state index contributed by atoms with van der Waals surface area (Å²) >= 11 is 0. The molecule has 0 bridgehead atoms. The van der Waals surface area contributed by atoms with Crippen LogP contribution in [0.25, 0.3) is 0 Å². The van der Waals surface area contributed by atoms with Crippen molar-refractivity contribution in [3.05, 3.63) is 0 Å². The van der Waals surface area contributed by atoms with E-state index in [9.17, 15) is 4.79 Å². The predicted molar refractivity (Wildman–Crippen MR) is 66.9 cm³/mol. The molecule has 1 heterocycles. The third kappa shape index (κ3) is 2.99. The van der Waals surface area contributed by atoms with Gasteiger partial charge in [0.25, 0.3) is 0 Å². The van der Waals surface area contributed by atoms with Crippen LogP contribution >= 0.6 is 0 Å². The van der Waals surface area contributed by atoms with E-state index in [1.54, 1.807) is 0 Å². The summed E-state index contributed by atoms with van der Waals surface area (Å²) in [5.74, 6) is -0.287. The third-order valence-corrected chi connectivity index (χ3v) is 3.03. The fraction of sp³-hybridized carbons (Fsp3) is 0.846. The van der Waals surface area contributed by atoms with E-state index in [1.807, 2.05) is 13.8 Å². The molecular weight excluding hydrogens is 218 g/mol. The van der Waals surface area contributed by atoms with Crippen molar-refractivity contribution >= 4 is 11.7 Å². The summed E-state index contributed by atoms with van der Waals surface area (Å²) in [7, 11) is 0. The second kappa shape index (κ2) is 5.07. The Balaban J connectivity index is 2.73. The molecule has 1 aliphatic rings. The molecule has 4 nitrogen and oxygen atoms in total. The van der Waals surface area contributed by atoms with E-state index < -0.39 is 5.60 Å². The van der Waals surface area contributed by atoms with Gasteiger partial charge < -0.3 is 9.57 Å². The number of ether oxygens (including phenoxy) is 1. The monoisotopic (exact) mass is 241 g/mol. The first-order chi connectivity index (χ1) is 7.85. The van der Waals surface area contributed by atoms with Crippen LogP contribution in [0.15, 0.2) is 5.16 Å². The molecule has 0 aromatic rings. The van der Waals surface area contributed by atoms with E-state index >= 15 is 0 Å². The smallest absolute Gasteiger partial charge is 0.353 e. The maximum Gasteiger partial charge on any atom is 0.353 e. The van der Waals surface area contributed by atoms with Gasteiger partial charge in [-0.2, -0.15) is 0 Å². The van der Waals surface area contributed by atoms with Crippen molar-refractivity contribution in [2.24, 2.45) is 10.6 Å². The number of carbonyl (C=O) groups excluding carboxylic acids is 1. The van der Waals surface area contributed by atoms with Crippen LogP contribution in [0.2, 0.25) is 0 Å². The lowest BCUT2D eigenvalue weighted by molar-refractivity contribution is -0.170. The Morgan fingerprint density at radius 2 is 2.12 bits per heavy atom. The molecule has 98 valence electrons. The highest BCUT2D eigenvalue weighted by Crippen LogP contribution is 2.35. The zero-order valence-corrected chi connectivity index (χ0v) is 11.5. The Hall–Kier alpha value is -1.06. The van der Waals surface area contributed by atoms with E-state index in [4.69, 9.17) is 9.57 Å². The van der Waals surface area contributed by atoms with Crippen molar-refractivity contribution in [3.63, 3.8) is 0 Å². The number of oxime groups is 1. The Morgan fingerprint density at radius 3 is 2.53 bits per heavy atom. The van der Waals surface area contributed by atoms with Gasteiger partial charge in [0, 0.05) is 11.8 Å². The van der Waals surface area contributed by atoms with Gasteiger partial charge in [0.05, 0.1) is 12.3 Å². The number of esters is 1. The van der Waals surface area contributed by atoms with Crippen LogP contribution in [0, 0.1) is 5.41 Å². The second-order valence-electron chi connectivity index (χ2n) is 5.54. The average Bonchev–Trinajstić information content (AvgIpc) is 2.71. The highest BCUT2D eigenvalue weighted by molar-refractivity contribution is 5.96. The molecule has 0 N–H and O–H groups in total. The molecule has 0 radical (unpaired) electrons. The van der Waals surface area contributed by atoms with Crippen molar-refractivity contribution in [3.8, 4) is 0 Å². The molecule has 1 unspecified atom stereocenters. The third-order valence-electron chi connectivity index (χ3n) is 3.03. The van der Waals surface area contributed by atoms with Crippen molar-refractivity contribution < 1.29 is 14.4 Å². The topological polar surface area (TPSA) is 47.9 Å². The van der Waals surface area contributed by atoms with Crippen LogP contribution in [0.4, 0.5) is 0 Å². The summed E-state index contributed by atoms with van der Waals surface area (Å²) in [5.41, 5.74) is -0.0347. The maximum absolute atomic E-state index is 12.0. The van der Waals surface area contributed by atoms with Crippen LogP contribution in [-0.4, -0.2) is 23.9 Å². The summed E-state index contributed by atoms with van der Waals surface area (Å²) in [4.78, 5) is 17.4. The SMILES string of the molecule is CCCOC(=O)C1(CC)CC(C(C)(C)C)=NO1. The molecule has 0 aromatic carbocycles. The van der Waals surface area contributed by atoms with Gasteiger partial charge in [0.1, 0.15) is 0 Å². The molecule has 1 rings (SSSR count). The molecule has 0 fully saturated rings. The quantitative estimate of drug-likeness (QED) is 0.711. The van der Waals surface area contributed by atoms with E-state index in [0.29, 0.717) is 19.4 Å². The fourth-order valence-electron chi connectivity index (χ4n) is 1.65. The van der Waals surface area contributed by atoms with Gasteiger partial charge in [-0.15, -0.1) is 0 Å². The lowest BCUT2D eigenvalue weighted by atomic mass is 9.82. The number of carbonyl (C=O) groups is 1. The Kier molecular flexibility index (Phi) is 4.17. The van der Waals surface area contributed by atoms with Crippen LogP contribution in [0.5, 0.6) is 0 Å². The second-order valence-corrected chi connectivity index (χ2v) is 5.54. The van der Waals surface area contributed by atoms with Gasteiger partial charge in [-0.05, 0) is 12.8 Å². The Morgan fingerprint density at radius 1 is 1.47 bits per heavy atom. The lowest BCUT2D eigenvalue weighted by Crippen LogP contribution is -2.41. The molecule has 4 heteroatoms. The summed E-state index contributed by atoms with van der Waals surface area (Å²) in [5, 5.41) is 4.08. The highest BCUT2D eigenvalue weighted by atomic mass is 16.7. The first-order valence-electron chi connectivity index (χ1n) is 6.28. The standard InChI is InChI=1S/C13H23NO3/c1-6-8-16-11(15)13(7-2)9-10(14-17-13)12(3,4)5/h6-9H2,1-5H3. The van der Waals surface area contributed by atoms with Crippen LogP contribution < -0.4 is 0 Å². The van der Waals surface area contributed by atoms with Gasteiger partial charge in [-0.3, -0.25) is 0 Å². The van der Waals surface area contributed by atoms with E-state index in [-0.39, 0.29) is 11.4 Å². The van der Waals surface area contributed by atoms with Gasteiger partial charge in [0.15, 0.2) is 0 Å². The Bertz CT molecular complexity index is 317. The zero-order valence-electron chi connectivity index (χ0n) is 11.5. The summed E-state index contributed by atoms with van der Waals surface area (Å²) in [6.45, 7) is 10.5. The minimum Gasteiger partial charge on any atom is -0.463 e. The van der Waals surface area contributed by atoms with Crippen LogP contribution in [0.3, 0.4) is 0 Å². The largest absolute Gasteiger partial charge is 0.463 e. The van der Waals surface area contributed by atoms with E-state index in [0.717, 1.165) is 12.1 Å². The van der Waals surface area contributed by atoms with E-state index in [2.05, 4.69) is 25.9 Å². The molecule has 17 heavy (non-hydrogen) atoms. The summed E-state index contributed by atoms with van der Waals surface area (Å²) in [6.07, 6.45) is 1.94. The van der Waals surface area contributed by atoms with Crippen molar-refractivity contribution in [1.82, 2.24) is 0 Å². The first-order valence-corrected chi connectivity index (χ1v) is 6.28. The maximum atomic E-state index is 12.0. The number of nitrogens with zero attached hydrogens (tertiary/aromatic N) is 1. The van der Waals surface area contributed by atoms with Crippen LogP contribution in [-0.2, 0) is 14.4 Å². The zero-order chi connectivity index (χ0) is 13.1. The van der Waals surface area contributed by atoms with Crippen molar-refractivity contribution in [2.45, 2.75) is 59.5 Å². The molecule has 0 saturated carbocycles. The number of rotatable bonds is 4. The lowest BCUT2D eigenvalue weighted by Gasteiger charge is -2.24. The minimum absolute atomic E-state index is 0.0675.